The Balaban J connectivity index is 1.69. The molecule has 2 amide bonds. The molecular weight excluding hydrogens is 448 g/mol. The van der Waals surface area contributed by atoms with E-state index in [1.165, 1.54) is 6.07 Å². The highest BCUT2D eigenvalue weighted by Gasteiger charge is 2.34. The van der Waals surface area contributed by atoms with Crippen molar-refractivity contribution in [3.05, 3.63) is 86.4 Å². The van der Waals surface area contributed by atoms with Crippen molar-refractivity contribution in [2.75, 3.05) is 13.2 Å². The first-order valence-corrected chi connectivity index (χ1v) is 10.6. The number of benzene rings is 2. The molecule has 0 bridgehead atoms. The molecule has 1 aliphatic rings. The van der Waals surface area contributed by atoms with Gasteiger partial charge in [-0.3, -0.25) is 0 Å². The Labute approximate surface area is 194 Å². The average Bonchev–Trinajstić information content (AvgIpc) is 2.77. The number of esters is 1. The highest BCUT2D eigenvalue weighted by Crippen LogP contribution is 2.29. The molecule has 1 atom stereocenters. The molecule has 9 heteroatoms. The Morgan fingerprint density at radius 3 is 2.61 bits per heavy atom. The van der Waals surface area contributed by atoms with Crippen LogP contribution in [0, 0.1) is 6.92 Å². The third-order valence-electron chi connectivity index (χ3n) is 5.16. The Hall–Kier alpha value is -3.78. The maximum Gasteiger partial charge on any atom is 0.338 e. The van der Waals surface area contributed by atoms with Crippen LogP contribution >= 0.6 is 11.6 Å². The number of carbonyl (C=O) groups is 2. The lowest BCUT2D eigenvalue weighted by Crippen LogP contribution is -2.47. The number of aryl methyl sites for hydroxylation is 1. The molecule has 0 saturated carbocycles. The van der Waals surface area contributed by atoms with Crippen LogP contribution < -0.4 is 21.0 Å². The normalized spacial score (nSPS) is 15.7. The van der Waals surface area contributed by atoms with Crippen LogP contribution in [0.5, 0.6) is 5.75 Å². The number of fused-ring (bicyclic) bond motifs is 1. The summed E-state index contributed by atoms with van der Waals surface area (Å²) in [5, 5.41) is 6.71. The summed E-state index contributed by atoms with van der Waals surface area (Å²) in [6.45, 7) is 3.57. The van der Waals surface area contributed by atoms with E-state index in [-0.39, 0.29) is 24.5 Å². The second-order valence-corrected chi connectivity index (χ2v) is 7.83. The van der Waals surface area contributed by atoms with E-state index in [4.69, 9.17) is 25.5 Å². The lowest BCUT2D eigenvalue weighted by Gasteiger charge is -2.29. The Bertz CT molecular complexity index is 1310. The van der Waals surface area contributed by atoms with Crippen molar-refractivity contribution in [2.24, 2.45) is 0 Å². The summed E-state index contributed by atoms with van der Waals surface area (Å²) in [5.41, 5.74) is 1.87. The van der Waals surface area contributed by atoms with Crippen molar-refractivity contribution in [1.82, 2.24) is 10.6 Å². The van der Waals surface area contributed by atoms with Gasteiger partial charge in [0.2, 0.25) is 0 Å². The fourth-order valence-corrected chi connectivity index (χ4v) is 3.76. The van der Waals surface area contributed by atoms with Crippen LogP contribution in [0.2, 0.25) is 5.02 Å². The van der Waals surface area contributed by atoms with Crippen molar-refractivity contribution in [3.63, 3.8) is 0 Å². The minimum absolute atomic E-state index is 0.118. The van der Waals surface area contributed by atoms with Crippen molar-refractivity contribution in [3.8, 4) is 5.75 Å². The van der Waals surface area contributed by atoms with Crippen LogP contribution in [0.3, 0.4) is 0 Å². The molecule has 1 unspecified atom stereocenters. The summed E-state index contributed by atoms with van der Waals surface area (Å²) in [6, 6.07) is 12.1. The molecule has 1 aromatic heterocycles. The van der Waals surface area contributed by atoms with Gasteiger partial charge in [0.15, 0.2) is 0 Å². The minimum Gasteiger partial charge on any atom is -0.487 e. The lowest BCUT2D eigenvalue weighted by atomic mass is 9.95. The summed E-state index contributed by atoms with van der Waals surface area (Å²) in [4.78, 5) is 36.9. The third-order valence-corrected chi connectivity index (χ3v) is 5.41. The van der Waals surface area contributed by atoms with E-state index < -0.39 is 23.7 Å². The van der Waals surface area contributed by atoms with Crippen LogP contribution in [0.1, 0.15) is 24.1 Å². The number of hydrogen-bond acceptors (Lipinski definition) is 6. The van der Waals surface area contributed by atoms with Gasteiger partial charge in [0.1, 0.15) is 17.9 Å². The molecule has 8 nitrogen and oxygen atoms in total. The van der Waals surface area contributed by atoms with E-state index in [0.717, 1.165) is 10.9 Å². The highest BCUT2D eigenvalue weighted by molar-refractivity contribution is 6.30. The molecule has 1 aliphatic heterocycles. The molecule has 4 rings (SSSR count). The zero-order chi connectivity index (χ0) is 23.5. The predicted octanol–water partition coefficient (Wildman–Crippen LogP) is 4.00. The quantitative estimate of drug-likeness (QED) is 0.418. The third kappa shape index (κ3) is 4.85. The fraction of sp³-hybridized carbons (Fsp3) is 0.208. The number of nitrogens with one attached hydrogen (secondary N) is 2. The van der Waals surface area contributed by atoms with E-state index in [1.807, 2.05) is 6.92 Å². The van der Waals surface area contributed by atoms with Gasteiger partial charge in [0.25, 0.3) is 0 Å². The van der Waals surface area contributed by atoms with Crippen molar-refractivity contribution in [1.29, 1.82) is 0 Å². The average molecular weight is 469 g/mol. The van der Waals surface area contributed by atoms with E-state index in [0.29, 0.717) is 21.9 Å². The van der Waals surface area contributed by atoms with Crippen LogP contribution in [0.25, 0.3) is 11.0 Å². The number of hydrogen-bond donors (Lipinski definition) is 2. The molecular formula is C24H21ClN2O6. The molecule has 170 valence electrons. The van der Waals surface area contributed by atoms with E-state index >= 15 is 0 Å². The molecule has 33 heavy (non-hydrogen) atoms. The van der Waals surface area contributed by atoms with Crippen LogP contribution in [-0.4, -0.2) is 25.2 Å². The molecule has 2 N–H and O–H groups in total. The summed E-state index contributed by atoms with van der Waals surface area (Å²) in [5.74, 6) is -0.175. The minimum atomic E-state index is -0.744. The zero-order valence-electron chi connectivity index (χ0n) is 17.9. The standard InChI is InChI=1S/C24H21ClN2O6/c1-3-31-23(29)21-18(26-24(30)27-22(21)14-4-6-15(25)7-5-14)12-32-16-8-9-17-13(2)10-20(28)33-19(17)11-16/h4-11,22H,3,12H2,1-2H3,(H2,26,27,30). The van der Waals surface area contributed by atoms with E-state index in [9.17, 15) is 14.4 Å². The van der Waals surface area contributed by atoms with E-state index in [2.05, 4.69) is 10.6 Å². The molecule has 2 aromatic carbocycles. The number of halogens is 1. The van der Waals surface area contributed by atoms with Crippen LogP contribution in [0.4, 0.5) is 4.79 Å². The second-order valence-electron chi connectivity index (χ2n) is 7.39. The van der Waals surface area contributed by atoms with Gasteiger partial charge in [-0.25, -0.2) is 14.4 Å². The second kappa shape index (κ2) is 9.38. The smallest absolute Gasteiger partial charge is 0.338 e. The number of carbonyl (C=O) groups excluding carboxylic acids is 2. The monoisotopic (exact) mass is 468 g/mol. The predicted molar refractivity (Wildman–Crippen MR) is 122 cm³/mol. The van der Waals surface area contributed by atoms with Gasteiger partial charge < -0.3 is 24.5 Å². The Kier molecular flexibility index (Phi) is 6.37. The Morgan fingerprint density at radius 2 is 1.88 bits per heavy atom. The number of urea groups is 1. The maximum atomic E-state index is 12.8. The van der Waals surface area contributed by atoms with Gasteiger partial charge in [-0.2, -0.15) is 0 Å². The van der Waals surface area contributed by atoms with Gasteiger partial charge >= 0.3 is 17.6 Å². The number of amides is 2. The largest absolute Gasteiger partial charge is 0.487 e. The molecule has 0 aliphatic carbocycles. The number of rotatable bonds is 6. The van der Waals surface area contributed by atoms with Crippen molar-refractivity contribution in [2.45, 2.75) is 19.9 Å². The Morgan fingerprint density at radius 1 is 1.12 bits per heavy atom. The summed E-state index contributed by atoms with van der Waals surface area (Å²) in [6.07, 6.45) is 0. The summed E-state index contributed by atoms with van der Waals surface area (Å²) < 4.78 is 16.3. The van der Waals surface area contributed by atoms with Gasteiger partial charge in [-0.05, 0) is 49.2 Å². The van der Waals surface area contributed by atoms with Gasteiger partial charge in [0, 0.05) is 22.5 Å². The van der Waals surface area contributed by atoms with Crippen LogP contribution in [-0.2, 0) is 9.53 Å². The van der Waals surface area contributed by atoms with E-state index in [1.54, 1.807) is 49.4 Å². The lowest BCUT2D eigenvalue weighted by molar-refractivity contribution is -0.139. The molecule has 0 radical (unpaired) electrons. The fourth-order valence-electron chi connectivity index (χ4n) is 3.64. The van der Waals surface area contributed by atoms with Gasteiger partial charge in [-0.15, -0.1) is 0 Å². The van der Waals surface area contributed by atoms with Crippen molar-refractivity contribution < 1.29 is 23.5 Å². The zero-order valence-corrected chi connectivity index (χ0v) is 18.7. The molecule has 2 heterocycles. The topological polar surface area (TPSA) is 107 Å². The maximum absolute atomic E-state index is 12.8. The molecule has 0 spiro atoms. The number of ether oxygens (including phenoxy) is 2. The first-order chi connectivity index (χ1) is 15.9. The van der Waals surface area contributed by atoms with Crippen molar-refractivity contribution >= 4 is 34.6 Å². The molecule has 0 saturated heterocycles. The van der Waals surface area contributed by atoms with Crippen LogP contribution in [0.15, 0.2) is 69.0 Å². The highest BCUT2D eigenvalue weighted by atomic mass is 35.5. The SMILES string of the molecule is CCOC(=O)C1=C(COc2ccc3c(C)cc(=O)oc3c2)NC(=O)NC1c1ccc(Cl)cc1. The van der Waals surface area contributed by atoms with Gasteiger partial charge in [-0.1, -0.05) is 23.7 Å². The first-order valence-electron chi connectivity index (χ1n) is 10.3. The molecule has 0 fully saturated rings. The molecule has 3 aromatic rings. The first kappa shape index (κ1) is 22.4. The summed E-state index contributed by atoms with van der Waals surface area (Å²) in [7, 11) is 0. The summed E-state index contributed by atoms with van der Waals surface area (Å²) >= 11 is 5.98. The van der Waals surface area contributed by atoms with Gasteiger partial charge in [0.05, 0.1) is 23.9 Å².